The molecule has 0 radical (unpaired) electrons. The van der Waals surface area contributed by atoms with E-state index in [1.165, 1.54) is 4.90 Å². The fourth-order valence-electron chi connectivity index (χ4n) is 3.92. The van der Waals surface area contributed by atoms with Crippen LogP contribution in [0.2, 0.25) is 0 Å². The molecule has 0 aromatic heterocycles. The van der Waals surface area contributed by atoms with E-state index in [4.69, 9.17) is 9.84 Å². The third-order valence-corrected chi connectivity index (χ3v) is 5.54. The summed E-state index contributed by atoms with van der Waals surface area (Å²) in [4.78, 5) is 36.3. The Morgan fingerprint density at radius 1 is 1.00 bits per heavy atom. The van der Waals surface area contributed by atoms with Crippen molar-refractivity contribution < 1.29 is 24.2 Å². The molecule has 2 aromatic rings. The predicted molar refractivity (Wildman–Crippen MR) is 105 cm³/mol. The lowest BCUT2D eigenvalue weighted by Crippen LogP contribution is -2.53. The number of fused-ring (bicyclic) bond motifs is 3. The number of rotatable bonds is 6. The molecular formula is C22H22N2O5. The number of ether oxygens (including phenoxy) is 1. The monoisotopic (exact) mass is 394 g/mol. The second kappa shape index (κ2) is 7.95. The number of benzene rings is 2. The molecule has 150 valence electrons. The Labute approximate surface area is 168 Å². The molecule has 0 atom stereocenters. The molecular weight excluding hydrogens is 372 g/mol. The molecule has 7 heteroatoms. The minimum Gasteiger partial charge on any atom is -0.481 e. The minimum atomic E-state index is -0.884. The van der Waals surface area contributed by atoms with Gasteiger partial charge in [0, 0.05) is 32.0 Å². The normalized spacial score (nSPS) is 15.2. The summed E-state index contributed by atoms with van der Waals surface area (Å²) in [6, 6.07) is 16.2. The van der Waals surface area contributed by atoms with Crippen molar-refractivity contribution in [3.8, 4) is 11.1 Å². The summed E-state index contributed by atoms with van der Waals surface area (Å²) in [5.74, 6) is -1.54. The van der Waals surface area contributed by atoms with Gasteiger partial charge in [0.15, 0.2) is 0 Å². The zero-order chi connectivity index (χ0) is 20.4. The molecule has 0 spiro atoms. The lowest BCUT2D eigenvalue weighted by atomic mass is 9.98. The van der Waals surface area contributed by atoms with E-state index in [9.17, 15) is 14.4 Å². The fourth-order valence-corrected chi connectivity index (χ4v) is 3.92. The molecule has 1 heterocycles. The van der Waals surface area contributed by atoms with Crippen molar-refractivity contribution in [1.82, 2.24) is 10.2 Å². The lowest BCUT2D eigenvalue weighted by Gasteiger charge is -2.36. The SMILES string of the molecule is O=C(NCCC(=O)N1CC(C(=O)O)C1)OCC1c2ccccc2-c2ccccc21. The third kappa shape index (κ3) is 3.81. The molecule has 1 aliphatic heterocycles. The van der Waals surface area contributed by atoms with Gasteiger partial charge in [-0.15, -0.1) is 0 Å². The first-order valence-corrected chi connectivity index (χ1v) is 9.64. The van der Waals surface area contributed by atoms with E-state index >= 15 is 0 Å². The summed E-state index contributed by atoms with van der Waals surface area (Å²) in [6.45, 7) is 0.849. The first-order chi connectivity index (χ1) is 14.0. The maximum absolute atomic E-state index is 12.1. The van der Waals surface area contributed by atoms with Crippen LogP contribution in [-0.2, 0) is 14.3 Å². The van der Waals surface area contributed by atoms with Gasteiger partial charge in [-0.2, -0.15) is 0 Å². The van der Waals surface area contributed by atoms with Crippen LogP contribution in [0, 0.1) is 5.92 Å². The van der Waals surface area contributed by atoms with Crippen LogP contribution < -0.4 is 5.32 Å². The highest BCUT2D eigenvalue weighted by Crippen LogP contribution is 2.44. The first kappa shape index (κ1) is 19.0. The smallest absolute Gasteiger partial charge is 0.407 e. The highest BCUT2D eigenvalue weighted by molar-refractivity contribution is 5.81. The Hall–Kier alpha value is -3.35. The van der Waals surface area contributed by atoms with Crippen LogP contribution in [0.4, 0.5) is 4.79 Å². The van der Waals surface area contributed by atoms with Crippen molar-refractivity contribution in [3.63, 3.8) is 0 Å². The van der Waals surface area contributed by atoms with Crippen LogP contribution in [-0.4, -0.2) is 54.2 Å². The quantitative estimate of drug-likeness (QED) is 0.785. The Balaban J connectivity index is 1.25. The van der Waals surface area contributed by atoms with Crippen molar-refractivity contribution in [2.24, 2.45) is 5.92 Å². The van der Waals surface area contributed by atoms with E-state index in [1.54, 1.807) is 0 Å². The molecule has 1 fully saturated rings. The standard InChI is InChI=1S/C22H22N2O5/c25-20(24-11-14(12-24)21(26)27)9-10-23-22(28)29-13-19-17-7-3-1-5-15(17)16-6-2-4-8-18(16)19/h1-8,14,19H,9-13H2,(H,23,28)(H,26,27). The van der Waals surface area contributed by atoms with Crippen LogP contribution in [0.1, 0.15) is 23.5 Å². The molecule has 1 aliphatic carbocycles. The van der Waals surface area contributed by atoms with Gasteiger partial charge in [0.2, 0.25) is 5.91 Å². The summed E-state index contributed by atoms with van der Waals surface area (Å²) >= 11 is 0. The number of amides is 2. The van der Waals surface area contributed by atoms with Gasteiger partial charge in [-0.25, -0.2) is 4.79 Å². The molecule has 0 saturated carbocycles. The van der Waals surface area contributed by atoms with Gasteiger partial charge in [-0.3, -0.25) is 9.59 Å². The van der Waals surface area contributed by atoms with Gasteiger partial charge >= 0.3 is 12.1 Å². The molecule has 4 rings (SSSR count). The molecule has 0 bridgehead atoms. The summed E-state index contributed by atoms with van der Waals surface area (Å²) in [7, 11) is 0. The zero-order valence-electron chi connectivity index (χ0n) is 15.8. The fraction of sp³-hybridized carbons (Fsp3) is 0.318. The number of carbonyl (C=O) groups is 3. The summed E-state index contributed by atoms with van der Waals surface area (Å²) < 4.78 is 5.42. The number of carbonyl (C=O) groups excluding carboxylic acids is 2. The number of alkyl carbamates (subject to hydrolysis) is 1. The van der Waals surface area contributed by atoms with Crippen LogP contribution in [0.5, 0.6) is 0 Å². The van der Waals surface area contributed by atoms with Crippen LogP contribution >= 0.6 is 0 Å². The van der Waals surface area contributed by atoms with E-state index in [1.807, 2.05) is 24.3 Å². The van der Waals surface area contributed by atoms with Gasteiger partial charge in [0.25, 0.3) is 0 Å². The predicted octanol–water partition coefficient (Wildman–Crippen LogP) is 2.46. The number of hydrogen-bond donors (Lipinski definition) is 2. The van der Waals surface area contributed by atoms with Crippen LogP contribution in [0.15, 0.2) is 48.5 Å². The van der Waals surface area contributed by atoms with Crippen molar-refractivity contribution in [2.45, 2.75) is 12.3 Å². The summed E-state index contributed by atoms with van der Waals surface area (Å²) in [6.07, 6.45) is -0.442. The number of likely N-dealkylation sites (tertiary alicyclic amines) is 1. The number of aliphatic carboxylic acids is 1. The molecule has 7 nitrogen and oxygen atoms in total. The second-order valence-corrected chi connectivity index (χ2v) is 7.34. The van der Waals surface area contributed by atoms with Gasteiger partial charge < -0.3 is 20.1 Å². The number of carboxylic acid groups (broad SMARTS) is 1. The Morgan fingerprint density at radius 3 is 2.17 bits per heavy atom. The Morgan fingerprint density at radius 2 is 1.59 bits per heavy atom. The van der Waals surface area contributed by atoms with Gasteiger partial charge in [0.1, 0.15) is 6.61 Å². The Bertz CT molecular complexity index is 906. The number of hydrogen-bond acceptors (Lipinski definition) is 4. The number of carboxylic acids is 1. The van der Waals surface area contributed by atoms with E-state index in [2.05, 4.69) is 29.6 Å². The molecule has 2 aromatic carbocycles. The van der Waals surface area contributed by atoms with E-state index < -0.39 is 18.0 Å². The van der Waals surface area contributed by atoms with Crippen LogP contribution in [0.25, 0.3) is 11.1 Å². The molecule has 0 unspecified atom stereocenters. The lowest BCUT2D eigenvalue weighted by molar-refractivity contribution is -0.152. The third-order valence-electron chi connectivity index (χ3n) is 5.54. The number of nitrogens with one attached hydrogen (secondary N) is 1. The average molecular weight is 394 g/mol. The summed E-state index contributed by atoms with van der Waals surface area (Å²) in [5, 5.41) is 11.4. The molecule has 2 N–H and O–H groups in total. The minimum absolute atomic E-state index is 0.0104. The zero-order valence-corrected chi connectivity index (χ0v) is 15.8. The molecule has 1 saturated heterocycles. The highest BCUT2D eigenvalue weighted by atomic mass is 16.5. The molecule has 2 aliphatic rings. The van der Waals surface area contributed by atoms with Crippen molar-refractivity contribution in [1.29, 1.82) is 0 Å². The maximum atomic E-state index is 12.1. The van der Waals surface area contributed by atoms with Crippen molar-refractivity contribution in [2.75, 3.05) is 26.2 Å². The van der Waals surface area contributed by atoms with Gasteiger partial charge in [-0.1, -0.05) is 48.5 Å². The molecule has 2 amide bonds. The second-order valence-electron chi connectivity index (χ2n) is 7.34. The van der Waals surface area contributed by atoms with Crippen LogP contribution in [0.3, 0.4) is 0 Å². The van der Waals surface area contributed by atoms with E-state index in [0.29, 0.717) is 0 Å². The first-order valence-electron chi connectivity index (χ1n) is 9.64. The number of nitrogens with zero attached hydrogens (tertiary/aromatic N) is 1. The Kier molecular flexibility index (Phi) is 5.20. The average Bonchev–Trinajstić information content (AvgIpc) is 2.99. The van der Waals surface area contributed by atoms with Gasteiger partial charge in [0.05, 0.1) is 5.92 Å². The maximum Gasteiger partial charge on any atom is 0.407 e. The van der Waals surface area contributed by atoms with Crippen molar-refractivity contribution in [3.05, 3.63) is 59.7 Å². The van der Waals surface area contributed by atoms with Gasteiger partial charge in [-0.05, 0) is 22.3 Å². The van der Waals surface area contributed by atoms with Crippen molar-refractivity contribution >= 4 is 18.0 Å². The summed E-state index contributed by atoms with van der Waals surface area (Å²) in [5.41, 5.74) is 4.61. The molecule has 29 heavy (non-hydrogen) atoms. The topological polar surface area (TPSA) is 95.9 Å². The van der Waals surface area contributed by atoms with E-state index in [-0.39, 0.29) is 44.5 Å². The highest BCUT2D eigenvalue weighted by Gasteiger charge is 2.35. The van der Waals surface area contributed by atoms with E-state index in [0.717, 1.165) is 22.3 Å². The largest absolute Gasteiger partial charge is 0.481 e.